The number of thioether (sulfide) groups is 1. The molecule has 1 unspecified atom stereocenters. The number of halogens is 1. The summed E-state index contributed by atoms with van der Waals surface area (Å²) in [5.41, 5.74) is -1.57. The van der Waals surface area contributed by atoms with E-state index in [1.807, 2.05) is 18.4 Å². The number of aromatic nitrogens is 1. The fraction of sp³-hybridized carbons (Fsp3) is 0.323. The van der Waals surface area contributed by atoms with Gasteiger partial charge in [0, 0.05) is 52.8 Å². The zero-order valence-electron chi connectivity index (χ0n) is 24.8. The van der Waals surface area contributed by atoms with E-state index in [1.165, 1.54) is 43.4 Å². The first-order valence-electron chi connectivity index (χ1n) is 13.8. The zero-order valence-corrected chi connectivity index (χ0v) is 27.2. The Morgan fingerprint density at radius 3 is 2.53 bits per heavy atom. The number of nitrogens with one attached hydrogen (secondary N) is 2. The minimum atomic E-state index is -2.00. The van der Waals surface area contributed by atoms with Gasteiger partial charge >= 0.3 is 0 Å². The Morgan fingerprint density at radius 2 is 1.91 bits per heavy atom. The number of carbonyl (C=O) groups is 4. The fourth-order valence-electron chi connectivity index (χ4n) is 5.65. The lowest BCUT2D eigenvalue weighted by atomic mass is 9.69. The van der Waals surface area contributed by atoms with E-state index in [2.05, 4.69) is 15.6 Å². The Morgan fingerprint density at radius 1 is 1.20 bits per heavy atom. The molecule has 3 aromatic rings. The van der Waals surface area contributed by atoms with Gasteiger partial charge in [0.1, 0.15) is 22.1 Å². The number of hydrogen-bond acceptors (Lipinski definition) is 11. The van der Waals surface area contributed by atoms with Crippen molar-refractivity contribution in [2.45, 2.75) is 36.2 Å². The highest BCUT2D eigenvalue weighted by Gasteiger charge is 2.61. The van der Waals surface area contributed by atoms with Crippen molar-refractivity contribution in [3.8, 4) is 17.2 Å². The third kappa shape index (κ3) is 5.87. The number of nitrogens with zero attached hydrogens (tertiary/aromatic N) is 1. The highest BCUT2D eigenvalue weighted by atomic mass is 35.5. The average Bonchev–Trinajstić information content (AvgIpc) is 3.66. The number of fused-ring (bicyclic) bond motifs is 1. The Kier molecular flexibility index (Phi) is 9.42. The molecule has 45 heavy (non-hydrogen) atoms. The molecule has 2 heterocycles. The first-order chi connectivity index (χ1) is 21.5. The van der Waals surface area contributed by atoms with Crippen LogP contribution < -0.4 is 24.8 Å². The Bertz CT molecular complexity index is 1690. The molecule has 11 nitrogen and oxygen atoms in total. The molecule has 0 radical (unpaired) electrons. The van der Waals surface area contributed by atoms with Crippen LogP contribution in [0.15, 0.2) is 58.1 Å². The quantitative estimate of drug-likeness (QED) is 0.245. The second kappa shape index (κ2) is 13.1. The molecule has 1 aliphatic heterocycles. The van der Waals surface area contributed by atoms with Gasteiger partial charge in [0.15, 0.2) is 22.4 Å². The summed E-state index contributed by atoms with van der Waals surface area (Å²) in [6, 6.07) is 8.63. The number of methoxy groups -OCH3 is 2. The standard InChI is InChI=1S/C31H30ClN3O8S2/c1-15-11-19(36)24(28(39)31(15)29(40)25-20(41-2)13-21(42-3)26(32)27(25)43-31)18(16-5-7-17(44-4)8-6-16)12-22(37)34-14-23(38)35-30-33-9-10-45-30/h5-10,13,15,18,39H,11-12,14H2,1-4H3,(H,34,37)(H,33,35,38)/t15-,18?,31+/m1/s1. The third-order valence-electron chi connectivity index (χ3n) is 7.89. The number of aliphatic hydroxyl groups is 1. The highest BCUT2D eigenvalue weighted by Crippen LogP contribution is 2.55. The summed E-state index contributed by atoms with van der Waals surface area (Å²) in [7, 11) is 2.78. The van der Waals surface area contributed by atoms with E-state index in [0.29, 0.717) is 10.7 Å². The predicted molar refractivity (Wildman–Crippen MR) is 170 cm³/mol. The van der Waals surface area contributed by atoms with Gasteiger partial charge in [-0.25, -0.2) is 4.98 Å². The van der Waals surface area contributed by atoms with Gasteiger partial charge in [-0.3, -0.25) is 19.2 Å². The van der Waals surface area contributed by atoms with Crippen molar-refractivity contribution in [3.05, 3.63) is 69.4 Å². The number of aliphatic hydroxyl groups excluding tert-OH is 1. The smallest absolute Gasteiger partial charge is 0.245 e. The van der Waals surface area contributed by atoms with Crippen LogP contribution in [0.3, 0.4) is 0 Å². The first-order valence-corrected chi connectivity index (χ1v) is 16.3. The zero-order chi connectivity index (χ0) is 32.5. The molecule has 2 aliphatic rings. The van der Waals surface area contributed by atoms with Crippen molar-refractivity contribution in [2.75, 3.05) is 32.3 Å². The lowest BCUT2D eigenvalue weighted by Crippen LogP contribution is -2.53. The Labute approximate surface area is 272 Å². The third-order valence-corrected chi connectivity index (χ3v) is 9.68. The number of amides is 2. The van der Waals surface area contributed by atoms with Gasteiger partial charge in [0.2, 0.25) is 23.2 Å². The topological polar surface area (TPSA) is 153 Å². The summed E-state index contributed by atoms with van der Waals surface area (Å²) in [6.07, 6.45) is 2.99. The maximum absolute atomic E-state index is 14.2. The molecular weight excluding hydrogens is 642 g/mol. The van der Waals surface area contributed by atoms with E-state index in [1.54, 1.807) is 30.6 Å². The minimum Gasteiger partial charge on any atom is -0.507 e. The maximum atomic E-state index is 14.2. The summed E-state index contributed by atoms with van der Waals surface area (Å²) in [6.45, 7) is 1.29. The van der Waals surface area contributed by atoms with E-state index < -0.39 is 46.6 Å². The number of benzene rings is 2. The molecule has 14 heteroatoms. The van der Waals surface area contributed by atoms with Gasteiger partial charge in [-0.1, -0.05) is 30.7 Å². The van der Waals surface area contributed by atoms with E-state index >= 15 is 0 Å². The normalized spacial score (nSPS) is 19.6. The van der Waals surface area contributed by atoms with Crippen LogP contribution in [0.2, 0.25) is 5.02 Å². The van der Waals surface area contributed by atoms with E-state index in [0.717, 1.165) is 4.90 Å². The van der Waals surface area contributed by atoms with Crippen LogP contribution in [-0.4, -0.2) is 66.1 Å². The molecule has 0 saturated carbocycles. The fourth-order valence-corrected chi connectivity index (χ4v) is 6.86. The number of Topliss-reactive ketones (excluding diaryl/α,β-unsaturated/α-hetero) is 2. The summed E-state index contributed by atoms with van der Waals surface area (Å²) in [5.74, 6) is -4.20. The SMILES string of the molecule is COc1cc(OC)c2c(c1Cl)O[C@]1(C2=O)C(O)=C(C(CC(=O)NCC(=O)Nc2nccs2)c2ccc(SC)cc2)C(=O)C[C@H]1C. The minimum absolute atomic E-state index is 0.0107. The van der Waals surface area contributed by atoms with Crippen LogP contribution in [0.25, 0.3) is 0 Å². The van der Waals surface area contributed by atoms with Crippen molar-refractivity contribution in [1.29, 1.82) is 0 Å². The monoisotopic (exact) mass is 671 g/mol. The second-order valence-electron chi connectivity index (χ2n) is 10.4. The number of rotatable bonds is 10. The van der Waals surface area contributed by atoms with Crippen LogP contribution >= 0.6 is 34.7 Å². The number of ketones is 2. The van der Waals surface area contributed by atoms with E-state index in [-0.39, 0.29) is 52.8 Å². The number of thiazole rings is 1. The molecule has 1 spiro atoms. The molecule has 1 aromatic heterocycles. The molecule has 0 fully saturated rings. The molecular formula is C31H30ClN3O8S2. The number of carbonyl (C=O) groups excluding carboxylic acids is 4. The van der Waals surface area contributed by atoms with E-state index in [4.69, 9.17) is 25.8 Å². The van der Waals surface area contributed by atoms with Crippen molar-refractivity contribution in [3.63, 3.8) is 0 Å². The Hall–Kier alpha value is -4.07. The summed E-state index contributed by atoms with van der Waals surface area (Å²) >= 11 is 9.31. The molecule has 3 atom stereocenters. The molecule has 1 aliphatic carbocycles. The van der Waals surface area contributed by atoms with Crippen LogP contribution in [-0.2, 0) is 14.4 Å². The van der Waals surface area contributed by atoms with Crippen molar-refractivity contribution < 1.29 is 38.5 Å². The molecule has 0 saturated heterocycles. The van der Waals surface area contributed by atoms with E-state index in [9.17, 15) is 24.3 Å². The van der Waals surface area contributed by atoms with Gasteiger partial charge in [0.05, 0.1) is 20.8 Å². The Balaban J connectivity index is 1.54. The van der Waals surface area contributed by atoms with Crippen molar-refractivity contribution in [2.24, 2.45) is 5.92 Å². The molecule has 2 aromatic carbocycles. The molecule has 2 amide bonds. The molecule has 3 N–H and O–H groups in total. The molecule has 5 rings (SSSR count). The lowest BCUT2D eigenvalue weighted by molar-refractivity contribution is -0.124. The van der Waals surface area contributed by atoms with Crippen LogP contribution in [0, 0.1) is 5.92 Å². The van der Waals surface area contributed by atoms with Crippen LogP contribution in [0.4, 0.5) is 5.13 Å². The van der Waals surface area contributed by atoms with Gasteiger partial charge in [-0.15, -0.1) is 23.1 Å². The van der Waals surface area contributed by atoms with Crippen LogP contribution in [0.5, 0.6) is 17.2 Å². The number of hydrogen-bond donors (Lipinski definition) is 3. The lowest BCUT2D eigenvalue weighted by Gasteiger charge is -2.38. The van der Waals surface area contributed by atoms with Crippen molar-refractivity contribution >= 4 is 63.2 Å². The summed E-state index contributed by atoms with van der Waals surface area (Å²) in [5, 5.41) is 19.2. The van der Waals surface area contributed by atoms with Gasteiger partial charge in [-0.2, -0.15) is 0 Å². The van der Waals surface area contributed by atoms with Gasteiger partial charge < -0.3 is 30.0 Å². The number of ether oxygens (including phenoxy) is 3. The largest absolute Gasteiger partial charge is 0.507 e. The van der Waals surface area contributed by atoms with Gasteiger partial charge in [0.25, 0.3) is 0 Å². The van der Waals surface area contributed by atoms with Crippen LogP contribution in [0.1, 0.15) is 41.6 Å². The maximum Gasteiger partial charge on any atom is 0.245 e. The first kappa shape index (κ1) is 32.3. The number of allylic oxidation sites excluding steroid dienone is 1. The van der Waals surface area contributed by atoms with Crippen molar-refractivity contribution in [1.82, 2.24) is 10.3 Å². The molecule has 0 bridgehead atoms. The van der Waals surface area contributed by atoms with Gasteiger partial charge in [-0.05, 0) is 24.0 Å². The highest BCUT2D eigenvalue weighted by molar-refractivity contribution is 7.98. The average molecular weight is 672 g/mol. The summed E-state index contributed by atoms with van der Waals surface area (Å²) in [4.78, 5) is 58.5. The predicted octanol–water partition coefficient (Wildman–Crippen LogP) is 5.20. The number of anilines is 1. The second-order valence-corrected chi connectivity index (χ2v) is 12.6. The molecule has 236 valence electrons. The summed E-state index contributed by atoms with van der Waals surface area (Å²) < 4.78 is 17.0.